The second-order valence-corrected chi connectivity index (χ2v) is 3.43. The van der Waals surface area contributed by atoms with Crippen molar-refractivity contribution in [1.29, 1.82) is 0 Å². The monoisotopic (exact) mass is 188 g/mol. The maximum atomic E-state index is 3.38. The molecule has 0 aromatic carbocycles. The lowest BCUT2D eigenvalue weighted by Crippen LogP contribution is -2.03. The predicted octanol–water partition coefficient (Wildman–Crippen LogP) is 3.48. The molecule has 1 saturated carbocycles. The van der Waals surface area contributed by atoms with Gasteiger partial charge in [0.25, 0.3) is 0 Å². The molecule has 0 saturated heterocycles. The summed E-state index contributed by atoms with van der Waals surface area (Å²) in [6.07, 6.45) is 5.43. The summed E-state index contributed by atoms with van der Waals surface area (Å²) >= 11 is 3.38. The van der Waals surface area contributed by atoms with E-state index >= 15 is 0 Å². The third-order valence-corrected chi connectivity index (χ3v) is 2.61. The van der Waals surface area contributed by atoms with E-state index in [1.165, 1.54) is 25.7 Å². The van der Waals surface area contributed by atoms with Crippen molar-refractivity contribution in [3.63, 3.8) is 0 Å². The van der Waals surface area contributed by atoms with Crippen LogP contribution in [0.25, 0.3) is 0 Å². The first-order valence-corrected chi connectivity index (χ1v) is 4.52. The maximum Gasteiger partial charge on any atom is -0.0197 e. The molecular weight excluding hydrogens is 176 g/mol. The number of rotatable bonds is 0. The minimum Gasteiger partial charge on any atom is -0.0630 e. The fourth-order valence-electron chi connectivity index (χ4n) is 1.43. The van der Waals surface area contributed by atoms with Crippen LogP contribution in [0.2, 0.25) is 0 Å². The van der Waals surface area contributed by atoms with Crippen molar-refractivity contribution in [3.05, 3.63) is 10.6 Å². The molecule has 1 aliphatic rings. The zero-order valence-corrected chi connectivity index (χ0v) is 7.45. The van der Waals surface area contributed by atoms with Gasteiger partial charge < -0.3 is 0 Å². The quantitative estimate of drug-likeness (QED) is 0.547. The standard InChI is InChI=1S/C8H13Br/c1-7-3-2-4-8(5-7)6-9/h6-7H,2-5H2,1H3/b8-6-/t7-/m0/s1. The Morgan fingerprint density at radius 2 is 2.44 bits per heavy atom. The van der Waals surface area contributed by atoms with Gasteiger partial charge in [0, 0.05) is 0 Å². The molecule has 1 aliphatic carbocycles. The first-order chi connectivity index (χ1) is 4.33. The Labute approximate surface area is 65.5 Å². The van der Waals surface area contributed by atoms with Crippen molar-refractivity contribution in [1.82, 2.24) is 0 Å². The smallest absolute Gasteiger partial charge is 0.0197 e. The molecule has 0 aromatic heterocycles. The molecule has 1 atom stereocenters. The molecule has 1 rings (SSSR count). The van der Waals surface area contributed by atoms with Gasteiger partial charge in [-0.1, -0.05) is 34.8 Å². The van der Waals surface area contributed by atoms with E-state index in [1.54, 1.807) is 5.57 Å². The Bertz CT molecular complexity index is 116. The van der Waals surface area contributed by atoms with Crippen LogP contribution in [-0.4, -0.2) is 0 Å². The second kappa shape index (κ2) is 3.40. The molecule has 1 heteroatoms. The zero-order chi connectivity index (χ0) is 6.69. The summed E-state index contributed by atoms with van der Waals surface area (Å²) in [5, 5.41) is 0. The highest BCUT2D eigenvalue weighted by atomic mass is 79.9. The molecule has 9 heavy (non-hydrogen) atoms. The molecule has 0 aromatic rings. The minimum absolute atomic E-state index is 0.919. The minimum atomic E-state index is 0.919. The van der Waals surface area contributed by atoms with Crippen LogP contribution < -0.4 is 0 Å². The summed E-state index contributed by atoms with van der Waals surface area (Å²) in [5.74, 6) is 0.919. The van der Waals surface area contributed by atoms with Crippen molar-refractivity contribution >= 4 is 15.9 Å². The number of halogens is 1. The summed E-state index contributed by atoms with van der Waals surface area (Å²) in [5.41, 5.74) is 1.59. The summed E-state index contributed by atoms with van der Waals surface area (Å²) in [4.78, 5) is 2.10. The van der Waals surface area contributed by atoms with Gasteiger partial charge in [0.1, 0.15) is 0 Å². The normalized spacial score (nSPS) is 33.1. The van der Waals surface area contributed by atoms with Crippen LogP contribution in [0.3, 0.4) is 0 Å². The highest BCUT2D eigenvalue weighted by Gasteiger charge is 2.11. The van der Waals surface area contributed by atoms with E-state index in [2.05, 4.69) is 27.8 Å². The lowest BCUT2D eigenvalue weighted by Gasteiger charge is -2.19. The highest BCUT2D eigenvalue weighted by molar-refractivity contribution is 9.11. The fourth-order valence-corrected chi connectivity index (χ4v) is 1.84. The van der Waals surface area contributed by atoms with Gasteiger partial charge in [-0.2, -0.15) is 0 Å². The molecule has 52 valence electrons. The van der Waals surface area contributed by atoms with Gasteiger partial charge in [-0.3, -0.25) is 0 Å². The highest BCUT2D eigenvalue weighted by Crippen LogP contribution is 2.28. The Balaban J connectivity index is 2.41. The van der Waals surface area contributed by atoms with Crippen molar-refractivity contribution < 1.29 is 0 Å². The Morgan fingerprint density at radius 3 is 2.89 bits per heavy atom. The third-order valence-electron chi connectivity index (χ3n) is 1.96. The second-order valence-electron chi connectivity index (χ2n) is 2.97. The molecule has 0 nitrogen and oxygen atoms in total. The topological polar surface area (TPSA) is 0 Å². The van der Waals surface area contributed by atoms with Gasteiger partial charge in [0.2, 0.25) is 0 Å². The average Bonchev–Trinajstić information content (AvgIpc) is 1.88. The first-order valence-electron chi connectivity index (χ1n) is 3.61. The van der Waals surface area contributed by atoms with E-state index in [-0.39, 0.29) is 0 Å². The van der Waals surface area contributed by atoms with Crippen molar-refractivity contribution in [2.24, 2.45) is 5.92 Å². The lowest BCUT2D eigenvalue weighted by atomic mass is 9.88. The Kier molecular flexibility index (Phi) is 2.77. The van der Waals surface area contributed by atoms with Crippen LogP contribution in [0, 0.1) is 5.92 Å². The van der Waals surface area contributed by atoms with Gasteiger partial charge in [-0.15, -0.1) is 0 Å². The number of hydrogen-bond acceptors (Lipinski definition) is 0. The van der Waals surface area contributed by atoms with Gasteiger partial charge >= 0.3 is 0 Å². The molecular formula is C8H13Br. The van der Waals surface area contributed by atoms with E-state index in [9.17, 15) is 0 Å². The molecule has 1 fully saturated rings. The van der Waals surface area contributed by atoms with Gasteiger partial charge in [0.05, 0.1) is 0 Å². The van der Waals surface area contributed by atoms with Crippen LogP contribution in [0.15, 0.2) is 10.6 Å². The summed E-state index contributed by atoms with van der Waals surface area (Å²) in [6.45, 7) is 2.33. The van der Waals surface area contributed by atoms with Crippen LogP contribution in [-0.2, 0) is 0 Å². The Hall–Kier alpha value is 0.220. The van der Waals surface area contributed by atoms with Crippen molar-refractivity contribution in [2.45, 2.75) is 32.6 Å². The van der Waals surface area contributed by atoms with Crippen LogP contribution in [0.4, 0.5) is 0 Å². The molecule has 0 aliphatic heterocycles. The van der Waals surface area contributed by atoms with Crippen LogP contribution in [0.5, 0.6) is 0 Å². The van der Waals surface area contributed by atoms with E-state index < -0.39 is 0 Å². The van der Waals surface area contributed by atoms with E-state index in [0.29, 0.717) is 0 Å². The summed E-state index contributed by atoms with van der Waals surface area (Å²) < 4.78 is 0. The largest absolute Gasteiger partial charge is 0.0630 e. The molecule has 0 spiro atoms. The average molecular weight is 189 g/mol. The van der Waals surface area contributed by atoms with E-state index in [4.69, 9.17) is 0 Å². The predicted molar refractivity (Wildman–Crippen MR) is 44.6 cm³/mol. The molecule has 0 amide bonds. The van der Waals surface area contributed by atoms with Gasteiger partial charge in [-0.25, -0.2) is 0 Å². The molecule has 0 radical (unpaired) electrons. The number of allylic oxidation sites excluding steroid dienone is 1. The maximum absolute atomic E-state index is 3.38. The van der Waals surface area contributed by atoms with Crippen LogP contribution in [0.1, 0.15) is 32.6 Å². The van der Waals surface area contributed by atoms with Crippen molar-refractivity contribution in [3.8, 4) is 0 Å². The van der Waals surface area contributed by atoms with Crippen molar-refractivity contribution in [2.75, 3.05) is 0 Å². The molecule has 0 heterocycles. The summed E-state index contributed by atoms with van der Waals surface area (Å²) in [7, 11) is 0. The lowest BCUT2D eigenvalue weighted by molar-refractivity contribution is 0.454. The SMILES string of the molecule is C[C@H]1CCC/C(=C/Br)C1. The number of hydrogen-bond donors (Lipinski definition) is 0. The van der Waals surface area contributed by atoms with Crippen LogP contribution >= 0.6 is 15.9 Å². The zero-order valence-electron chi connectivity index (χ0n) is 5.86. The third kappa shape index (κ3) is 2.13. The Morgan fingerprint density at radius 1 is 1.67 bits per heavy atom. The van der Waals surface area contributed by atoms with E-state index in [0.717, 1.165) is 5.92 Å². The first kappa shape index (κ1) is 7.33. The molecule has 0 N–H and O–H groups in total. The fraction of sp³-hybridized carbons (Fsp3) is 0.750. The summed E-state index contributed by atoms with van der Waals surface area (Å²) in [6, 6.07) is 0. The van der Waals surface area contributed by atoms with Gasteiger partial charge in [0.15, 0.2) is 0 Å². The molecule has 0 bridgehead atoms. The molecule has 0 unspecified atom stereocenters. The van der Waals surface area contributed by atoms with E-state index in [1.807, 2.05) is 0 Å². The van der Waals surface area contributed by atoms with Gasteiger partial charge in [-0.05, 0) is 30.2 Å².